The summed E-state index contributed by atoms with van der Waals surface area (Å²) in [7, 11) is 0. The van der Waals surface area contributed by atoms with Crippen molar-refractivity contribution in [3.63, 3.8) is 0 Å². The van der Waals surface area contributed by atoms with Crippen LogP contribution in [-0.2, 0) is 18.9 Å². The summed E-state index contributed by atoms with van der Waals surface area (Å²) in [6, 6.07) is 0. The molecule has 16 heavy (non-hydrogen) atoms. The molecule has 2 fully saturated rings. The number of hydrogen-bond acceptors (Lipinski definition) is 4. The summed E-state index contributed by atoms with van der Waals surface area (Å²) < 4.78 is 22.3. The minimum absolute atomic E-state index is 0.00791. The standard InChI is InChI=1S/C12H18O4/c1-3-5-13-9-7-15-12-10(14-6-4-2)8-16-11(9)12/h3-6,9-12H,7-8H2,1-2H3/b5-3+,6-4+/t9-,10+,11-,12-/m0/s1. The monoisotopic (exact) mass is 226 g/mol. The van der Waals surface area contributed by atoms with Crippen LogP contribution in [0.1, 0.15) is 13.8 Å². The smallest absolute Gasteiger partial charge is 0.150 e. The van der Waals surface area contributed by atoms with Crippen molar-refractivity contribution in [3.05, 3.63) is 24.7 Å². The SMILES string of the molecule is C/C=C/O[C@H]1CO[C@@H]2[C@H]1OC[C@H]2O/C=C/C. The molecule has 0 N–H and O–H groups in total. The third-order valence-electron chi connectivity index (χ3n) is 2.74. The highest BCUT2D eigenvalue weighted by Crippen LogP contribution is 2.30. The number of rotatable bonds is 4. The molecule has 2 saturated heterocycles. The molecule has 0 aromatic rings. The molecule has 0 radical (unpaired) electrons. The van der Waals surface area contributed by atoms with Crippen molar-refractivity contribution in [2.24, 2.45) is 0 Å². The van der Waals surface area contributed by atoms with Crippen molar-refractivity contribution < 1.29 is 18.9 Å². The molecule has 2 heterocycles. The summed E-state index contributed by atoms with van der Waals surface area (Å²) in [5.74, 6) is 0. The van der Waals surface area contributed by atoms with E-state index in [0.29, 0.717) is 13.2 Å². The van der Waals surface area contributed by atoms with Gasteiger partial charge in [0.1, 0.15) is 24.4 Å². The van der Waals surface area contributed by atoms with Gasteiger partial charge >= 0.3 is 0 Å². The zero-order valence-corrected chi connectivity index (χ0v) is 9.67. The van der Waals surface area contributed by atoms with Crippen LogP contribution < -0.4 is 0 Å². The second-order valence-electron chi connectivity index (χ2n) is 3.88. The van der Waals surface area contributed by atoms with Gasteiger partial charge in [0.05, 0.1) is 25.7 Å². The summed E-state index contributed by atoms with van der Waals surface area (Å²) >= 11 is 0. The van der Waals surface area contributed by atoms with E-state index in [0.717, 1.165) is 0 Å². The van der Waals surface area contributed by atoms with E-state index in [1.807, 2.05) is 26.0 Å². The first-order valence-corrected chi connectivity index (χ1v) is 5.63. The van der Waals surface area contributed by atoms with Gasteiger partial charge in [-0.3, -0.25) is 0 Å². The van der Waals surface area contributed by atoms with Crippen molar-refractivity contribution >= 4 is 0 Å². The fourth-order valence-corrected chi connectivity index (χ4v) is 2.02. The van der Waals surface area contributed by atoms with Crippen LogP contribution in [0.4, 0.5) is 0 Å². The minimum atomic E-state index is -0.0135. The lowest BCUT2D eigenvalue weighted by atomic mass is 10.1. The Labute approximate surface area is 95.8 Å². The molecule has 2 rings (SSSR count). The predicted octanol–water partition coefficient (Wildman–Crippen LogP) is 1.62. The van der Waals surface area contributed by atoms with Gasteiger partial charge in [-0.15, -0.1) is 0 Å². The number of ether oxygens (including phenoxy) is 4. The zero-order chi connectivity index (χ0) is 11.4. The first kappa shape index (κ1) is 11.5. The van der Waals surface area contributed by atoms with Crippen molar-refractivity contribution in [1.82, 2.24) is 0 Å². The average molecular weight is 226 g/mol. The molecule has 2 aliphatic heterocycles. The number of allylic oxidation sites excluding steroid dienone is 2. The molecule has 0 aromatic carbocycles. The number of hydrogen-bond donors (Lipinski definition) is 0. The molecule has 0 saturated carbocycles. The van der Waals surface area contributed by atoms with Crippen molar-refractivity contribution in [3.8, 4) is 0 Å². The molecule has 4 atom stereocenters. The van der Waals surface area contributed by atoms with E-state index >= 15 is 0 Å². The zero-order valence-electron chi connectivity index (χ0n) is 9.67. The number of fused-ring (bicyclic) bond motifs is 1. The van der Waals surface area contributed by atoms with Gasteiger partial charge in [-0.25, -0.2) is 0 Å². The molecular weight excluding hydrogens is 208 g/mol. The Balaban J connectivity index is 1.90. The van der Waals surface area contributed by atoms with Crippen LogP contribution in [0.2, 0.25) is 0 Å². The maximum Gasteiger partial charge on any atom is 0.150 e. The second-order valence-corrected chi connectivity index (χ2v) is 3.88. The summed E-state index contributed by atoms with van der Waals surface area (Å²) in [4.78, 5) is 0. The highest BCUT2D eigenvalue weighted by Gasteiger charge is 2.49. The molecule has 4 nitrogen and oxygen atoms in total. The molecular formula is C12H18O4. The van der Waals surface area contributed by atoms with E-state index in [1.165, 1.54) is 0 Å². The summed E-state index contributed by atoms with van der Waals surface area (Å²) in [5, 5.41) is 0. The fraction of sp³-hybridized carbons (Fsp3) is 0.667. The lowest BCUT2D eigenvalue weighted by Gasteiger charge is -2.15. The molecule has 0 unspecified atom stereocenters. The van der Waals surface area contributed by atoms with Crippen molar-refractivity contribution in [2.75, 3.05) is 13.2 Å². The first-order valence-electron chi connectivity index (χ1n) is 5.63. The third kappa shape index (κ3) is 2.23. The maximum absolute atomic E-state index is 5.65. The van der Waals surface area contributed by atoms with Crippen LogP contribution in [-0.4, -0.2) is 37.6 Å². The topological polar surface area (TPSA) is 36.9 Å². The van der Waals surface area contributed by atoms with Crippen molar-refractivity contribution in [2.45, 2.75) is 38.3 Å². The van der Waals surface area contributed by atoms with Gasteiger partial charge in [0.15, 0.2) is 0 Å². The highest BCUT2D eigenvalue weighted by molar-refractivity contribution is 4.97. The summed E-state index contributed by atoms with van der Waals surface area (Å²) in [6.45, 7) is 4.96. The maximum atomic E-state index is 5.65. The summed E-state index contributed by atoms with van der Waals surface area (Å²) in [6.07, 6.45) is 7.03. The van der Waals surface area contributed by atoms with Crippen LogP contribution in [0.5, 0.6) is 0 Å². The fourth-order valence-electron chi connectivity index (χ4n) is 2.02. The molecule has 0 amide bonds. The molecule has 0 bridgehead atoms. The highest BCUT2D eigenvalue weighted by atomic mass is 16.6. The summed E-state index contributed by atoms with van der Waals surface area (Å²) in [5.41, 5.74) is 0. The lowest BCUT2D eigenvalue weighted by molar-refractivity contribution is -0.00781. The van der Waals surface area contributed by atoms with E-state index in [1.54, 1.807) is 12.5 Å². The Morgan fingerprint density at radius 2 is 1.31 bits per heavy atom. The molecule has 0 spiro atoms. The normalized spacial score (nSPS) is 38.4. The molecule has 0 aliphatic carbocycles. The quantitative estimate of drug-likeness (QED) is 0.683. The Hall–Kier alpha value is -1.00. The largest absolute Gasteiger partial charge is 0.493 e. The van der Waals surface area contributed by atoms with Crippen LogP contribution in [0, 0.1) is 0 Å². The minimum Gasteiger partial charge on any atom is -0.493 e. The van der Waals surface area contributed by atoms with E-state index in [9.17, 15) is 0 Å². The first-order chi connectivity index (χ1) is 7.86. The molecule has 0 aromatic heterocycles. The van der Waals surface area contributed by atoms with E-state index in [4.69, 9.17) is 18.9 Å². The van der Waals surface area contributed by atoms with Gasteiger partial charge in [-0.2, -0.15) is 0 Å². The third-order valence-corrected chi connectivity index (χ3v) is 2.74. The van der Waals surface area contributed by atoms with Gasteiger partial charge in [0.2, 0.25) is 0 Å². The van der Waals surface area contributed by atoms with E-state index < -0.39 is 0 Å². The Bertz CT molecular complexity index is 246. The van der Waals surface area contributed by atoms with Crippen LogP contribution in [0.25, 0.3) is 0 Å². The second kappa shape index (κ2) is 5.37. The molecule has 4 heteroatoms. The molecule has 2 aliphatic rings. The van der Waals surface area contributed by atoms with Crippen LogP contribution in [0.3, 0.4) is 0 Å². The van der Waals surface area contributed by atoms with Crippen LogP contribution in [0.15, 0.2) is 24.7 Å². The predicted molar refractivity (Wildman–Crippen MR) is 58.9 cm³/mol. The van der Waals surface area contributed by atoms with Crippen molar-refractivity contribution in [1.29, 1.82) is 0 Å². The average Bonchev–Trinajstić information content (AvgIpc) is 2.86. The van der Waals surface area contributed by atoms with Gasteiger partial charge in [-0.05, 0) is 13.8 Å². The Morgan fingerprint density at radius 3 is 1.69 bits per heavy atom. The molecule has 90 valence electrons. The van der Waals surface area contributed by atoms with E-state index in [-0.39, 0.29) is 24.4 Å². The lowest BCUT2D eigenvalue weighted by Crippen LogP contribution is -2.32. The van der Waals surface area contributed by atoms with Crippen LogP contribution >= 0.6 is 0 Å². The van der Waals surface area contributed by atoms with Gasteiger partial charge in [0.25, 0.3) is 0 Å². The Morgan fingerprint density at radius 1 is 0.875 bits per heavy atom. The Kier molecular flexibility index (Phi) is 3.85. The van der Waals surface area contributed by atoms with E-state index in [2.05, 4.69) is 0 Å². The van der Waals surface area contributed by atoms with Gasteiger partial charge in [-0.1, -0.05) is 12.2 Å². The van der Waals surface area contributed by atoms with Gasteiger partial charge < -0.3 is 18.9 Å². The van der Waals surface area contributed by atoms with Gasteiger partial charge in [0, 0.05) is 0 Å².